The van der Waals surface area contributed by atoms with Gasteiger partial charge in [-0.15, -0.1) is 0 Å². The van der Waals surface area contributed by atoms with Crippen molar-refractivity contribution in [2.75, 3.05) is 12.0 Å². The molecule has 2 unspecified atom stereocenters. The maximum absolute atomic E-state index is 12.8. The highest BCUT2D eigenvalue weighted by Gasteiger charge is 2.48. The minimum atomic E-state index is -0.581. The summed E-state index contributed by atoms with van der Waals surface area (Å²) in [5, 5.41) is 0. The van der Waals surface area contributed by atoms with Crippen LogP contribution in [0.4, 0.5) is 5.69 Å². The van der Waals surface area contributed by atoms with Crippen molar-refractivity contribution >= 4 is 23.5 Å². The van der Waals surface area contributed by atoms with Crippen molar-refractivity contribution < 1.29 is 23.9 Å². The Balaban J connectivity index is 1.59. The smallest absolute Gasteiger partial charge is 0.343 e. The number of hydrogen-bond donors (Lipinski definition) is 0. The van der Waals surface area contributed by atoms with Gasteiger partial charge in [-0.05, 0) is 43.2 Å². The molecule has 2 aromatic rings. The summed E-state index contributed by atoms with van der Waals surface area (Å²) in [4.78, 5) is 39.4. The van der Waals surface area contributed by atoms with Crippen molar-refractivity contribution in [2.24, 2.45) is 11.8 Å². The zero-order valence-corrected chi connectivity index (χ0v) is 15.6. The van der Waals surface area contributed by atoms with Gasteiger partial charge in [-0.1, -0.05) is 31.0 Å². The molecule has 2 fully saturated rings. The topological polar surface area (TPSA) is 72.9 Å². The van der Waals surface area contributed by atoms with Crippen LogP contribution in [0.1, 0.15) is 36.0 Å². The number of fused-ring (bicyclic) bond motifs is 1. The number of para-hydroxylation sites is 2. The summed E-state index contributed by atoms with van der Waals surface area (Å²) >= 11 is 0. The third-order valence-electron chi connectivity index (χ3n) is 5.45. The fourth-order valence-corrected chi connectivity index (χ4v) is 4.05. The van der Waals surface area contributed by atoms with Crippen molar-refractivity contribution in [1.29, 1.82) is 0 Å². The van der Waals surface area contributed by atoms with E-state index in [9.17, 15) is 14.4 Å². The largest absolute Gasteiger partial charge is 0.493 e. The second-order valence-corrected chi connectivity index (χ2v) is 7.10. The molecule has 1 heterocycles. The zero-order valence-electron chi connectivity index (χ0n) is 15.6. The molecule has 0 bridgehead atoms. The number of carbonyl (C=O) groups excluding carboxylic acids is 3. The van der Waals surface area contributed by atoms with Gasteiger partial charge in [0.1, 0.15) is 0 Å². The summed E-state index contributed by atoms with van der Waals surface area (Å²) in [5.41, 5.74) is 0.678. The Hall–Kier alpha value is -3.15. The molecule has 0 spiro atoms. The Labute approximate surface area is 163 Å². The predicted octanol–water partition coefficient (Wildman–Crippen LogP) is 3.59. The molecule has 1 aliphatic heterocycles. The van der Waals surface area contributed by atoms with Gasteiger partial charge in [0.25, 0.3) is 0 Å². The molecule has 2 aromatic carbocycles. The van der Waals surface area contributed by atoms with Gasteiger partial charge in [0, 0.05) is 0 Å². The second-order valence-electron chi connectivity index (χ2n) is 7.10. The minimum Gasteiger partial charge on any atom is -0.493 e. The van der Waals surface area contributed by atoms with Gasteiger partial charge in [0.2, 0.25) is 11.8 Å². The molecule has 1 saturated carbocycles. The fraction of sp³-hybridized carbons (Fsp3) is 0.318. The van der Waals surface area contributed by atoms with Crippen molar-refractivity contribution in [2.45, 2.75) is 25.7 Å². The van der Waals surface area contributed by atoms with Crippen LogP contribution in [0.5, 0.6) is 11.5 Å². The summed E-state index contributed by atoms with van der Waals surface area (Å²) in [7, 11) is 1.50. The third kappa shape index (κ3) is 3.15. The van der Waals surface area contributed by atoms with Crippen LogP contribution in [-0.2, 0) is 9.59 Å². The number of anilines is 1. The lowest BCUT2D eigenvalue weighted by molar-refractivity contribution is -0.122. The normalized spacial score (nSPS) is 21.4. The lowest BCUT2D eigenvalue weighted by atomic mass is 9.81. The second kappa shape index (κ2) is 7.46. The molecule has 2 aliphatic rings. The van der Waals surface area contributed by atoms with Gasteiger partial charge < -0.3 is 9.47 Å². The van der Waals surface area contributed by atoms with E-state index in [0.29, 0.717) is 17.2 Å². The quantitative estimate of drug-likeness (QED) is 0.461. The minimum absolute atomic E-state index is 0.162. The number of benzene rings is 2. The molecule has 6 heteroatoms. The van der Waals surface area contributed by atoms with Crippen LogP contribution in [-0.4, -0.2) is 24.9 Å². The predicted molar refractivity (Wildman–Crippen MR) is 102 cm³/mol. The Kier molecular flexibility index (Phi) is 4.86. The van der Waals surface area contributed by atoms with E-state index in [2.05, 4.69) is 0 Å². The number of carbonyl (C=O) groups is 3. The lowest BCUT2D eigenvalue weighted by Gasteiger charge is -2.19. The zero-order chi connectivity index (χ0) is 19.7. The van der Waals surface area contributed by atoms with E-state index >= 15 is 0 Å². The molecule has 2 amide bonds. The lowest BCUT2D eigenvalue weighted by Crippen LogP contribution is -2.31. The highest BCUT2D eigenvalue weighted by Crippen LogP contribution is 2.40. The maximum Gasteiger partial charge on any atom is 0.343 e. The number of rotatable bonds is 4. The van der Waals surface area contributed by atoms with Crippen molar-refractivity contribution in [1.82, 2.24) is 0 Å². The molecule has 1 saturated heterocycles. The molecule has 0 aromatic heterocycles. The Morgan fingerprint density at radius 2 is 1.57 bits per heavy atom. The summed E-state index contributed by atoms with van der Waals surface area (Å²) < 4.78 is 10.6. The molecule has 1 aliphatic carbocycles. The van der Waals surface area contributed by atoms with Crippen LogP contribution < -0.4 is 14.4 Å². The van der Waals surface area contributed by atoms with Gasteiger partial charge >= 0.3 is 5.97 Å². The molecule has 144 valence electrons. The molecule has 2 atom stereocenters. The number of esters is 1. The average molecular weight is 379 g/mol. The molecular formula is C22H21NO5. The molecule has 6 nitrogen and oxygen atoms in total. The SMILES string of the molecule is COc1ccccc1OC(=O)c1cccc(N2C(=O)C3CCCCC3C2=O)c1. The number of hydrogen-bond acceptors (Lipinski definition) is 5. The highest BCUT2D eigenvalue weighted by atomic mass is 16.6. The first-order chi connectivity index (χ1) is 13.6. The van der Waals surface area contributed by atoms with Gasteiger partial charge in [-0.3, -0.25) is 14.5 Å². The van der Waals surface area contributed by atoms with Crippen LogP contribution in [0.25, 0.3) is 0 Å². The van der Waals surface area contributed by atoms with Crippen molar-refractivity contribution in [3.05, 3.63) is 54.1 Å². The number of ether oxygens (including phenoxy) is 2. The van der Waals surface area contributed by atoms with Crippen LogP contribution in [0.3, 0.4) is 0 Å². The van der Waals surface area contributed by atoms with E-state index in [1.807, 2.05) is 0 Å². The van der Waals surface area contributed by atoms with E-state index in [1.165, 1.54) is 18.1 Å². The molecule has 28 heavy (non-hydrogen) atoms. The van der Waals surface area contributed by atoms with Gasteiger partial charge in [-0.25, -0.2) is 4.79 Å². The van der Waals surface area contributed by atoms with Crippen LogP contribution in [0, 0.1) is 11.8 Å². The molecule has 0 N–H and O–H groups in total. The first kappa shape index (κ1) is 18.2. The summed E-state index contributed by atoms with van der Waals surface area (Å²) in [6.07, 6.45) is 3.45. The van der Waals surface area contributed by atoms with Crippen LogP contribution in [0.2, 0.25) is 0 Å². The number of imide groups is 1. The van der Waals surface area contributed by atoms with Crippen LogP contribution >= 0.6 is 0 Å². The Morgan fingerprint density at radius 3 is 2.21 bits per heavy atom. The molecule has 0 radical (unpaired) electrons. The monoisotopic (exact) mass is 379 g/mol. The van der Waals surface area contributed by atoms with Crippen LogP contribution in [0.15, 0.2) is 48.5 Å². The third-order valence-corrected chi connectivity index (χ3v) is 5.45. The maximum atomic E-state index is 12.8. The van der Waals surface area contributed by atoms with E-state index in [-0.39, 0.29) is 29.2 Å². The van der Waals surface area contributed by atoms with E-state index in [1.54, 1.807) is 42.5 Å². The van der Waals surface area contributed by atoms with Gasteiger partial charge in [-0.2, -0.15) is 0 Å². The van der Waals surface area contributed by atoms with Crippen molar-refractivity contribution in [3.8, 4) is 11.5 Å². The average Bonchev–Trinajstić information content (AvgIpc) is 2.99. The van der Waals surface area contributed by atoms with E-state index < -0.39 is 5.97 Å². The summed E-state index contributed by atoms with van der Waals surface area (Å²) in [6, 6.07) is 13.3. The summed E-state index contributed by atoms with van der Waals surface area (Å²) in [6.45, 7) is 0. The number of methoxy groups -OCH3 is 1. The number of amides is 2. The van der Waals surface area contributed by atoms with Gasteiger partial charge in [0.05, 0.1) is 30.2 Å². The summed E-state index contributed by atoms with van der Waals surface area (Å²) in [5.74, 6) is -0.616. The standard InChI is InChI=1S/C22H21NO5/c1-27-18-11-4-5-12-19(18)28-22(26)14-7-6-8-15(13-14)23-20(24)16-9-2-3-10-17(16)21(23)25/h4-8,11-13,16-17H,2-3,9-10H2,1H3. The Morgan fingerprint density at radius 1 is 0.929 bits per heavy atom. The number of nitrogens with zero attached hydrogens (tertiary/aromatic N) is 1. The van der Waals surface area contributed by atoms with E-state index in [0.717, 1.165) is 25.7 Å². The van der Waals surface area contributed by atoms with Crippen molar-refractivity contribution in [3.63, 3.8) is 0 Å². The fourth-order valence-electron chi connectivity index (χ4n) is 4.05. The molecule has 4 rings (SSSR count). The first-order valence-corrected chi connectivity index (χ1v) is 9.43. The first-order valence-electron chi connectivity index (χ1n) is 9.43. The Bertz CT molecular complexity index is 914. The van der Waals surface area contributed by atoms with E-state index in [4.69, 9.17) is 9.47 Å². The highest BCUT2D eigenvalue weighted by molar-refractivity contribution is 6.22. The molecular weight excluding hydrogens is 358 g/mol. The van der Waals surface area contributed by atoms with Gasteiger partial charge in [0.15, 0.2) is 11.5 Å².